The Morgan fingerprint density at radius 3 is 2.55 bits per heavy atom. The quantitative estimate of drug-likeness (QED) is 0.435. The van der Waals surface area contributed by atoms with Crippen molar-refractivity contribution in [2.45, 2.75) is 0 Å². The van der Waals surface area contributed by atoms with Crippen molar-refractivity contribution in [2.75, 3.05) is 19.6 Å². The highest BCUT2D eigenvalue weighted by Gasteiger charge is 2.24. The van der Waals surface area contributed by atoms with Crippen LogP contribution in [0.4, 0.5) is 0 Å². The molecule has 1 rings (SSSR count). The third kappa shape index (κ3) is 2.19. The van der Waals surface area contributed by atoms with E-state index in [1.165, 1.54) is 0 Å². The molecule has 0 aliphatic carbocycles. The first-order chi connectivity index (χ1) is 5.20. The Labute approximate surface area is 64.3 Å². The lowest BCUT2D eigenvalue weighted by molar-refractivity contribution is -0.128. The van der Waals surface area contributed by atoms with Gasteiger partial charge in [-0.3, -0.25) is 9.59 Å². The van der Waals surface area contributed by atoms with Crippen LogP contribution < -0.4 is 16.4 Å². The predicted molar refractivity (Wildman–Crippen MR) is 38.6 cm³/mol. The van der Waals surface area contributed by atoms with Crippen LogP contribution in [0.25, 0.3) is 0 Å². The summed E-state index contributed by atoms with van der Waals surface area (Å²) in [5.41, 5.74) is 4.83. The lowest BCUT2D eigenvalue weighted by Crippen LogP contribution is -2.51. The zero-order valence-corrected chi connectivity index (χ0v) is 6.09. The van der Waals surface area contributed by atoms with Gasteiger partial charge < -0.3 is 16.4 Å². The topological polar surface area (TPSA) is 84.2 Å². The smallest absolute Gasteiger partial charge is 0.236 e. The van der Waals surface area contributed by atoms with Gasteiger partial charge in [-0.2, -0.15) is 0 Å². The maximum Gasteiger partial charge on any atom is 0.236 e. The van der Waals surface area contributed by atoms with Gasteiger partial charge in [-0.25, -0.2) is 0 Å². The molecule has 1 saturated heterocycles. The molecule has 1 aliphatic heterocycles. The average Bonchev–Trinajstić information content (AvgIpc) is 1.79. The molecule has 4 N–H and O–H groups in total. The molecule has 0 saturated carbocycles. The second-order valence-electron chi connectivity index (χ2n) is 2.54. The van der Waals surface area contributed by atoms with Crippen LogP contribution in [0.5, 0.6) is 0 Å². The molecule has 0 radical (unpaired) electrons. The number of carbonyl (C=O) groups is 2. The lowest BCUT2D eigenvalue weighted by atomic mass is 10.0. The monoisotopic (exact) mass is 157 g/mol. The second kappa shape index (κ2) is 3.34. The number of carbonyl (C=O) groups excluding carboxylic acids is 2. The summed E-state index contributed by atoms with van der Waals surface area (Å²) in [5, 5.41) is 5.38. The zero-order valence-electron chi connectivity index (χ0n) is 6.09. The minimum absolute atomic E-state index is 0.0225. The number of amides is 2. The summed E-state index contributed by atoms with van der Waals surface area (Å²) in [6.45, 7) is 1.34. The summed E-state index contributed by atoms with van der Waals surface area (Å²) in [7, 11) is 0. The van der Waals surface area contributed by atoms with Gasteiger partial charge in [0, 0.05) is 13.1 Å². The molecular formula is C6H11N3O2. The Morgan fingerprint density at radius 2 is 2.18 bits per heavy atom. The number of rotatable bonds is 3. The van der Waals surface area contributed by atoms with Crippen molar-refractivity contribution in [3.63, 3.8) is 0 Å². The van der Waals surface area contributed by atoms with E-state index in [9.17, 15) is 9.59 Å². The molecule has 1 aliphatic rings. The molecule has 5 heteroatoms. The molecule has 11 heavy (non-hydrogen) atoms. The van der Waals surface area contributed by atoms with Gasteiger partial charge in [0.15, 0.2) is 0 Å². The highest BCUT2D eigenvalue weighted by atomic mass is 16.2. The molecule has 1 fully saturated rings. The highest BCUT2D eigenvalue weighted by Crippen LogP contribution is 2.00. The third-order valence-electron chi connectivity index (χ3n) is 1.59. The number of nitrogens with one attached hydrogen (secondary N) is 2. The Balaban J connectivity index is 2.15. The standard InChI is InChI=1S/C6H11N3O2/c7-5(10)3-9-6(11)4-1-8-2-4/h4,8H,1-3H2,(H2,7,10)(H,9,11). The number of primary amides is 1. The van der Waals surface area contributed by atoms with Crippen LogP contribution in [0.2, 0.25) is 0 Å². The molecule has 0 aromatic rings. The number of hydrogen-bond acceptors (Lipinski definition) is 3. The fourth-order valence-corrected chi connectivity index (χ4v) is 0.793. The largest absolute Gasteiger partial charge is 0.368 e. The average molecular weight is 157 g/mol. The normalized spacial score (nSPS) is 17.1. The molecule has 62 valence electrons. The first-order valence-corrected chi connectivity index (χ1v) is 3.47. The van der Waals surface area contributed by atoms with Crippen LogP contribution in [-0.2, 0) is 9.59 Å². The first-order valence-electron chi connectivity index (χ1n) is 3.47. The van der Waals surface area contributed by atoms with Gasteiger partial charge in [0.1, 0.15) is 0 Å². The fourth-order valence-electron chi connectivity index (χ4n) is 0.793. The summed E-state index contributed by atoms with van der Waals surface area (Å²) in [6.07, 6.45) is 0. The van der Waals surface area contributed by atoms with E-state index < -0.39 is 5.91 Å². The Hall–Kier alpha value is -1.10. The van der Waals surface area contributed by atoms with Crippen molar-refractivity contribution in [3.8, 4) is 0 Å². The number of hydrogen-bond donors (Lipinski definition) is 3. The van der Waals surface area contributed by atoms with Crippen LogP contribution in [0.1, 0.15) is 0 Å². The third-order valence-corrected chi connectivity index (χ3v) is 1.59. The van der Waals surface area contributed by atoms with Gasteiger partial charge in [-0.15, -0.1) is 0 Å². The molecule has 0 bridgehead atoms. The summed E-state index contributed by atoms with van der Waals surface area (Å²) in [4.78, 5) is 21.2. The van der Waals surface area contributed by atoms with Gasteiger partial charge in [0.05, 0.1) is 12.5 Å². The molecule has 2 amide bonds. The van der Waals surface area contributed by atoms with Crippen molar-refractivity contribution in [2.24, 2.45) is 11.7 Å². The summed E-state index contributed by atoms with van der Waals surface area (Å²) >= 11 is 0. The van der Waals surface area contributed by atoms with Gasteiger partial charge >= 0.3 is 0 Å². The van der Waals surface area contributed by atoms with Crippen molar-refractivity contribution in [3.05, 3.63) is 0 Å². The minimum atomic E-state index is -0.509. The van der Waals surface area contributed by atoms with Crippen LogP contribution in [0.15, 0.2) is 0 Å². The van der Waals surface area contributed by atoms with Crippen LogP contribution >= 0.6 is 0 Å². The maximum absolute atomic E-state index is 11.0. The minimum Gasteiger partial charge on any atom is -0.368 e. The van der Waals surface area contributed by atoms with E-state index in [2.05, 4.69) is 10.6 Å². The molecular weight excluding hydrogens is 146 g/mol. The van der Waals surface area contributed by atoms with E-state index in [1.807, 2.05) is 0 Å². The Morgan fingerprint density at radius 1 is 1.55 bits per heavy atom. The Bertz CT molecular complexity index is 177. The molecule has 0 aromatic heterocycles. The van der Waals surface area contributed by atoms with Crippen LogP contribution in [0.3, 0.4) is 0 Å². The van der Waals surface area contributed by atoms with E-state index >= 15 is 0 Å². The van der Waals surface area contributed by atoms with Gasteiger partial charge in [-0.05, 0) is 0 Å². The van der Waals surface area contributed by atoms with Crippen molar-refractivity contribution in [1.82, 2.24) is 10.6 Å². The van der Waals surface area contributed by atoms with E-state index in [-0.39, 0.29) is 18.4 Å². The summed E-state index contributed by atoms with van der Waals surface area (Å²) in [6, 6.07) is 0. The highest BCUT2D eigenvalue weighted by molar-refractivity contribution is 5.85. The van der Waals surface area contributed by atoms with Gasteiger partial charge in [-0.1, -0.05) is 0 Å². The number of nitrogens with two attached hydrogens (primary N) is 1. The SMILES string of the molecule is NC(=O)CNC(=O)C1CNC1. The zero-order chi connectivity index (χ0) is 8.27. The van der Waals surface area contributed by atoms with Gasteiger partial charge in [0.25, 0.3) is 0 Å². The molecule has 1 heterocycles. The maximum atomic E-state index is 11.0. The predicted octanol–water partition coefficient (Wildman–Crippen LogP) is -2.19. The Kier molecular flexibility index (Phi) is 2.43. The molecule has 0 unspecified atom stereocenters. The van der Waals surface area contributed by atoms with Crippen LogP contribution in [-0.4, -0.2) is 31.4 Å². The lowest BCUT2D eigenvalue weighted by Gasteiger charge is -2.25. The van der Waals surface area contributed by atoms with Gasteiger partial charge in [0.2, 0.25) is 11.8 Å². The van der Waals surface area contributed by atoms with Crippen molar-refractivity contribution < 1.29 is 9.59 Å². The second-order valence-corrected chi connectivity index (χ2v) is 2.54. The van der Waals surface area contributed by atoms with Crippen molar-refractivity contribution in [1.29, 1.82) is 0 Å². The van der Waals surface area contributed by atoms with E-state index in [0.29, 0.717) is 13.1 Å². The first kappa shape index (κ1) is 8.00. The van der Waals surface area contributed by atoms with E-state index in [1.54, 1.807) is 0 Å². The summed E-state index contributed by atoms with van der Waals surface area (Å²) in [5.74, 6) is -0.581. The van der Waals surface area contributed by atoms with Crippen LogP contribution in [0, 0.1) is 5.92 Å². The van der Waals surface area contributed by atoms with E-state index in [0.717, 1.165) is 0 Å². The summed E-state index contributed by atoms with van der Waals surface area (Å²) < 4.78 is 0. The molecule has 0 atom stereocenters. The molecule has 5 nitrogen and oxygen atoms in total. The van der Waals surface area contributed by atoms with E-state index in [4.69, 9.17) is 5.73 Å². The molecule has 0 spiro atoms. The molecule has 0 aromatic carbocycles. The van der Waals surface area contributed by atoms with Crippen molar-refractivity contribution >= 4 is 11.8 Å². The fraction of sp³-hybridized carbons (Fsp3) is 0.667.